The third-order valence-electron chi connectivity index (χ3n) is 3.19. The molecule has 2 N–H and O–H groups in total. The first-order valence-corrected chi connectivity index (χ1v) is 6.64. The molecule has 2 aromatic rings. The van der Waals surface area contributed by atoms with Crippen LogP contribution in [0.15, 0.2) is 29.3 Å². The van der Waals surface area contributed by atoms with Crippen LogP contribution in [0.1, 0.15) is 17.2 Å². The average Bonchev–Trinajstić information content (AvgIpc) is 2.81. The van der Waals surface area contributed by atoms with Gasteiger partial charge in [0.1, 0.15) is 11.6 Å². The molecule has 0 unspecified atom stereocenters. The maximum Gasteiger partial charge on any atom is 0.191 e. The smallest absolute Gasteiger partial charge is 0.191 e. The van der Waals surface area contributed by atoms with Gasteiger partial charge in [0, 0.05) is 20.6 Å². The van der Waals surface area contributed by atoms with Crippen molar-refractivity contribution in [2.24, 2.45) is 12.0 Å². The molecule has 2 rings (SSSR count). The molecule has 6 nitrogen and oxygen atoms in total. The van der Waals surface area contributed by atoms with Gasteiger partial charge in [-0.05, 0) is 24.6 Å². The molecule has 1 aromatic heterocycles. The highest BCUT2D eigenvalue weighted by Crippen LogP contribution is 2.02. The van der Waals surface area contributed by atoms with Crippen molar-refractivity contribution in [1.29, 1.82) is 0 Å². The summed E-state index contributed by atoms with van der Waals surface area (Å²) < 4.78 is 14.7. The number of aliphatic imine (C=N–C) groups is 1. The van der Waals surface area contributed by atoms with Crippen molar-refractivity contribution in [1.82, 2.24) is 25.4 Å². The maximum absolute atomic E-state index is 12.8. The maximum atomic E-state index is 12.8. The highest BCUT2D eigenvalue weighted by molar-refractivity contribution is 14.0. The molecule has 0 saturated heterocycles. The van der Waals surface area contributed by atoms with Gasteiger partial charge in [0.25, 0.3) is 0 Å². The van der Waals surface area contributed by atoms with Crippen LogP contribution in [-0.2, 0) is 20.1 Å². The molecule has 22 heavy (non-hydrogen) atoms. The molecule has 8 heteroatoms. The van der Waals surface area contributed by atoms with E-state index in [0.717, 1.165) is 17.2 Å². The second-order valence-electron chi connectivity index (χ2n) is 4.63. The number of benzene rings is 1. The third-order valence-corrected chi connectivity index (χ3v) is 3.19. The standard InChI is InChI=1S/C14H19FN6.HI/c1-10-19-20-13(21(10)3)9-18-14(16-2)17-8-11-4-6-12(15)7-5-11;/h4-7H,8-9H2,1-3H3,(H2,16,17,18);1H. The first kappa shape index (κ1) is 18.3. The second kappa shape index (κ2) is 8.66. The Kier molecular flexibility index (Phi) is 7.22. The van der Waals surface area contributed by atoms with Gasteiger partial charge in [-0.1, -0.05) is 12.1 Å². The number of hydrogen-bond acceptors (Lipinski definition) is 3. The van der Waals surface area contributed by atoms with Crippen LogP contribution >= 0.6 is 24.0 Å². The quantitative estimate of drug-likeness (QED) is 0.451. The number of nitrogens with zero attached hydrogens (tertiary/aromatic N) is 4. The van der Waals surface area contributed by atoms with Gasteiger partial charge in [0.05, 0.1) is 6.54 Å². The zero-order chi connectivity index (χ0) is 15.2. The van der Waals surface area contributed by atoms with E-state index < -0.39 is 0 Å². The summed E-state index contributed by atoms with van der Waals surface area (Å²) in [7, 11) is 3.61. The number of nitrogens with one attached hydrogen (secondary N) is 2. The monoisotopic (exact) mass is 418 g/mol. The SMILES string of the molecule is CN=C(NCc1ccc(F)cc1)NCc1nnc(C)n1C.I. The van der Waals surface area contributed by atoms with Crippen molar-refractivity contribution in [3.05, 3.63) is 47.3 Å². The highest BCUT2D eigenvalue weighted by Gasteiger charge is 2.05. The van der Waals surface area contributed by atoms with Gasteiger partial charge in [0.15, 0.2) is 11.8 Å². The molecule has 0 radical (unpaired) electrons. The summed E-state index contributed by atoms with van der Waals surface area (Å²) in [4.78, 5) is 4.14. The van der Waals surface area contributed by atoms with Gasteiger partial charge >= 0.3 is 0 Å². The molecule has 1 aromatic carbocycles. The van der Waals surface area contributed by atoms with E-state index in [1.807, 2.05) is 18.5 Å². The van der Waals surface area contributed by atoms with Crippen LogP contribution in [0.2, 0.25) is 0 Å². The van der Waals surface area contributed by atoms with Gasteiger partial charge in [-0.25, -0.2) is 4.39 Å². The Morgan fingerprint density at radius 1 is 1.18 bits per heavy atom. The Bertz CT molecular complexity index is 623. The number of rotatable bonds is 4. The molecule has 0 aliphatic carbocycles. The fourth-order valence-electron chi connectivity index (χ4n) is 1.78. The van der Waals surface area contributed by atoms with Gasteiger partial charge in [-0.2, -0.15) is 0 Å². The van der Waals surface area contributed by atoms with Crippen LogP contribution < -0.4 is 10.6 Å². The summed E-state index contributed by atoms with van der Waals surface area (Å²) in [6.07, 6.45) is 0. The van der Waals surface area contributed by atoms with E-state index in [9.17, 15) is 4.39 Å². The van der Waals surface area contributed by atoms with Crippen LogP contribution in [0, 0.1) is 12.7 Å². The largest absolute Gasteiger partial charge is 0.352 e. The van der Waals surface area contributed by atoms with Gasteiger partial charge in [0.2, 0.25) is 0 Å². The second-order valence-corrected chi connectivity index (χ2v) is 4.63. The lowest BCUT2D eigenvalue weighted by Gasteiger charge is -2.11. The van der Waals surface area contributed by atoms with Crippen molar-refractivity contribution < 1.29 is 4.39 Å². The van der Waals surface area contributed by atoms with Crippen LogP contribution in [0.4, 0.5) is 4.39 Å². The average molecular weight is 418 g/mol. The van der Waals surface area contributed by atoms with Gasteiger partial charge in [-0.3, -0.25) is 4.99 Å². The van der Waals surface area contributed by atoms with E-state index in [2.05, 4.69) is 25.8 Å². The van der Waals surface area contributed by atoms with E-state index >= 15 is 0 Å². The summed E-state index contributed by atoms with van der Waals surface area (Å²) in [5.41, 5.74) is 0.980. The molecule has 120 valence electrons. The predicted molar refractivity (Wildman–Crippen MR) is 94.6 cm³/mol. The van der Waals surface area contributed by atoms with E-state index in [-0.39, 0.29) is 29.8 Å². The molecule has 0 saturated carbocycles. The zero-order valence-electron chi connectivity index (χ0n) is 12.8. The predicted octanol–water partition coefficient (Wildman–Crippen LogP) is 1.75. The van der Waals surface area contributed by atoms with Crippen LogP contribution in [0.5, 0.6) is 0 Å². The third kappa shape index (κ3) is 4.93. The van der Waals surface area contributed by atoms with E-state index in [1.165, 1.54) is 12.1 Å². The van der Waals surface area contributed by atoms with Crippen LogP contribution in [-0.4, -0.2) is 27.8 Å². The minimum Gasteiger partial charge on any atom is -0.352 e. The Labute approximate surface area is 146 Å². The van der Waals surface area contributed by atoms with Crippen LogP contribution in [0.25, 0.3) is 0 Å². The summed E-state index contributed by atoms with van der Waals surface area (Å²) >= 11 is 0. The Hall–Kier alpha value is -1.71. The normalized spacial score (nSPS) is 11.0. The minimum absolute atomic E-state index is 0. The molecule has 0 amide bonds. The topological polar surface area (TPSA) is 67.1 Å². The number of halogens is 2. The first-order valence-electron chi connectivity index (χ1n) is 6.64. The van der Waals surface area contributed by atoms with Gasteiger partial charge < -0.3 is 15.2 Å². The minimum atomic E-state index is -0.237. The summed E-state index contributed by atoms with van der Waals surface area (Å²) in [6, 6.07) is 6.36. The van der Waals surface area contributed by atoms with Crippen molar-refractivity contribution in [3.63, 3.8) is 0 Å². The molecular formula is C14H20FIN6. The van der Waals surface area contributed by atoms with E-state index in [0.29, 0.717) is 19.0 Å². The highest BCUT2D eigenvalue weighted by atomic mass is 127. The van der Waals surface area contributed by atoms with E-state index in [1.54, 1.807) is 19.2 Å². The fourth-order valence-corrected chi connectivity index (χ4v) is 1.78. The van der Waals surface area contributed by atoms with Crippen molar-refractivity contribution >= 4 is 29.9 Å². The molecule has 0 fully saturated rings. The first-order chi connectivity index (χ1) is 10.1. The number of hydrogen-bond donors (Lipinski definition) is 2. The Morgan fingerprint density at radius 2 is 1.82 bits per heavy atom. The molecule has 0 bridgehead atoms. The Balaban J connectivity index is 0.00000242. The molecule has 0 aliphatic heterocycles. The Morgan fingerprint density at radius 3 is 2.36 bits per heavy atom. The fraction of sp³-hybridized carbons (Fsp3) is 0.357. The lowest BCUT2D eigenvalue weighted by Crippen LogP contribution is -2.36. The van der Waals surface area contributed by atoms with Crippen molar-refractivity contribution in [3.8, 4) is 0 Å². The van der Waals surface area contributed by atoms with Crippen molar-refractivity contribution in [2.45, 2.75) is 20.0 Å². The van der Waals surface area contributed by atoms with Crippen LogP contribution in [0.3, 0.4) is 0 Å². The number of guanidine groups is 1. The summed E-state index contributed by atoms with van der Waals surface area (Å²) in [5, 5.41) is 14.4. The zero-order valence-corrected chi connectivity index (χ0v) is 15.1. The lowest BCUT2D eigenvalue weighted by molar-refractivity contribution is 0.626. The number of aromatic nitrogens is 3. The number of aryl methyl sites for hydroxylation is 1. The van der Waals surface area contributed by atoms with Crippen molar-refractivity contribution in [2.75, 3.05) is 7.05 Å². The molecule has 0 aliphatic rings. The van der Waals surface area contributed by atoms with E-state index in [4.69, 9.17) is 0 Å². The summed E-state index contributed by atoms with van der Waals surface area (Å²) in [6.45, 7) is 3.00. The molecular weight excluding hydrogens is 398 g/mol. The molecule has 0 spiro atoms. The molecule has 0 atom stereocenters. The molecule has 1 heterocycles. The lowest BCUT2D eigenvalue weighted by atomic mass is 10.2. The summed E-state index contributed by atoms with van der Waals surface area (Å²) in [5.74, 6) is 2.11. The van der Waals surface area contributed by atoms with Gasteiger partial charge in [-0.15, -0.1) is 34.2 Å².